The maximum Gasteiger partial charge on any atom is 0.222 e. The fourth-order valence-corrected chi connectivity index (χ4v) is 3.40. The van der Waals surface area contributed by atoms with Crippen molar-refractivity contribution in [2.24, 2.45) is 5.92 Å². The average molecular weight is 339 g/mol. The molecule has 1 saturated heterocycles. The van der Waals surface area contributed by atoms with Gasteiger partial charge < -0.3 is 9.64 Å². The highest BCUT2D eigenvalue weighted by molar-refractivity contribution is 7.90. The Morgan fingerprint density at radius 1 is 1.30 bits per heavy atom. The summed E-state index contributed by atoms with van der Waals surface area (Å²) in [4.78, 5) is 14.3. The summed E-state index contributed by atoms with van der Waals surface area (Å²) in [6.07, 6.45) is 4.63. The van der Waals surface area contributed by atoms with E-state index in [-0.39, 0.29) is 10.8 Å². The van der Waals surface area contributed by atoms with E-state index in [0.29, 0.717) is 31.1 Å². The lowest BCUT2D eigenvalue weighted by Gasteiger charge is -2.31. The Labute approximate surface area is 138 Å². The molecule has 0 aromatic heterocycles. The lowest BCUT2D eigenvalue weighted by Crippen LogP contribution is -2.39. The Morgan fingerprint density at radius 2 is 2.00 bits per heavy atom. The molecule has 1 aromatic carbocycles. The monoisotopic (exact) mass is 339 g/mol. The van der Waals surface area contributed by atoms with Gasteiger partial charge in [0.25, 0.3) is 0 Å². The first-order chi connectivity index (χ1) is 10.9. The molecule has 0 radical (unpaired) electrons. The molecule has 0 aliphatic carbocycles. The molecule has 5 nitrogen and oxygen atoms in total. The van der Waals surface area contributed by atoms with Crippen LogP contribution in [0.5, 0.6) is 5.75 Å². The lowest BCUT2D eigenvalue weighted by atomic mass is 10.00. The summed E-state index contributed by atoms with van der Waals surface area (Å²) in [5.41, 5.74) is 0. The first kappa shape index (κ1) is 17.8. The number of piperidine rings is 1. The number of likely N-dealkylation sites (tertiary alicyclic amines) is 1. The number of rotatable bonds is 6. The number of hydrogen-bond acceptors (Lipinski definition) is 4. The molecule has 0 saturated carbocycles. The quantitative estimate of drug-likeness (QED) is 0.747. The van der Waals surface area contributed by atoms with Gasteiger partial charge in [0.05, 0.1) is 11.5 Å². The van der Waals surface area contributed by atoms with Crippen molar-refractivity contribution in [3.05, 3.63) is 24.3 Å². The highest BCUT2D eigenvalue weighted by Gasteiger charge is 2.20. The van der Waals surface area contributed by atoms with Crippen LogP contribution in [0.1, 0.15) is 32.6 Å². The molecule has 2 rings (SSSR count). The number of hydrogen-bond donors (Lipinski definition) is 0. The SMILES string of the molecule is C[C@H]1CCCN(C(=O)CCCOc2ccc(S(C)(=O)=O)cc2)C1. The summed E-state index contributed by atoms with van der Waals surface area (Å²) >= 11 is 0. The summed E-state index contributed by atoms with van der Waals surface area (Å²) in [5.74, 6) is 1.42. The van der Waals surface area contributed by atoms with Crippen molar-refractivity contribution in [1.82, 2.24) is 4.90 Å². The molecule has 0 N–H and O–H groups in total. The number of benzene rings is 1. The summed E-state index contributed by atoms with van der Waals surface area (Å²) in [5, 5.41) is 0. The normalized spacial score (nSPS) is 18.7. The maximum absolute atomic E-state index is 12.1. The van der Waals surface area contributed by atoms with Gasteiger partial charge in [0.15, 0.2) is 9.84 Å². The first-order valence-corrected chi connectivity index (χ1v) is 9.96. The zero-order chi connectivity index (χ0) is 16.9. The van der Waals surface area contributed by atoms with E-state index in [4.69, 9.17) is 4.74 Å². The van der Waals surface area contributed by atoms with E-state index in [0.717, 1.165) is 19.5 Å². The highest BCUT2D eigenvalue weighted by Crippen LogP contribution is 2.18. The van der Waals surface area contributed by atoms with Crippen molar-refractivity contribution >= 4 is 15.7 Å². The van der Waals surface area contributed by atoms with E-state index in [1.54, 1.807) is 12.1 Å². The van der Waals surface area contributed by atoms with Gasteiger partial charge in [-0.2, -0.15) is 0 Å². The standard InChI is InChI=1S/C17H25NO4S/c1-14-5-3-11-18(13-14)17(19)6-4-12-22-15-7-9-16(10-8-15)23(2,20)21/h7-10,14H,3-6,11-13H2,1-2H3/t14-/m0/s1. The number of carbonyl (C=O) groups is 1. The molecule has 1 amide bonds. The third kappa shape index (κ3) is 5.53. The van der Waals surface area contributed by atoms with Crippen molar-refractivity contribution in [2.75, 3.05) is 26.0 Å². The largest absolute Gasteiger partial charge is 0.494 e. The number of ether oxygens (including phenoxy) is 1. The topological polar surface area (TPSA) is 63.7 Å². The molecule has 23 heavy (non-hydrogen) atoms. The molecule has 1 aliphatic rings. The first-order valence-electron chi connectivity index (χ1n) is 8.07. The van der Waals surface area contributed by atoms with Crippen molar-refractivity contribution in [3.8, 4) is 5.75 Å². The predicted molar refractivity (Wildman–Crippen MR) is 89.3 cm³/mol. The molecule has 1 atom stereocenters. The summed E-state index contributed by atoms with van der Waals surface area (Å²) in [6, 6.07) is 6.35. The Morgan fingerprint density at radius 3 is 2.61 bits per heavy atom. The van der Waals surface area contributed by atoms with Crippen LogP contribution in [0.4, 0.5) is 0 Å². The van der Waals surface area contributed by atoms with Crippen molar-refractivity contribution < 1.29 is 17.9 Å². The van der Waals surface area contributed by atoms with Crippen LogP contribution in [0, 0.1) is 5.92 Å². The Hall–Kier alpha value is -1.56. The van der Waals surface area contributed by atoms with Crippen LogP contribution in [0.3, 0.4) is 0 Å². The van der Waals surface area contributed by atoms with Gasteiger partial charge in [-0.1, -0.05) is 6.92 Å². The minimum Gasteiger partial charge on any atom is -0.494 e. The van der Waals surface area contributed by atoms with Gasteiger partial charge in [-0.3, -0.25) is 4.79 Å². The minimum atomic E-state index is -3.18. The van der Waals surface area contributed by atoms with Crippen LogP contribution in [0.2, 0.25) is 0 Å². The van der Waals surface area contributed by atoms with Crippen LogP contribution in [-0.4, -0.2) is 45.2 Å². The summed E-state index contributed by atoms with van der Waals surface area (Å²) in [7, 11) is -3.18. The van der Waals surface area contributed by atoms with E-state index < -0.39 is 9.84 Å². The zero-order valence-corrected chi connectivity index (χ0v) is 14.6. The molecular weight excluding hydrogens is 314 g/mol. The summed E-state index contributed by atoms with van der Waals surface area (Å²) in [6.45, 7) is 4.37. The number of amides is 1. The number of sulfone groups is 1. The van der Waals surface area contributed by atoms with Gasteiger partial charge >= 0.3 is 0 Å². The minimum absolute atomic E-state index is 0.201. The van der Waals surface area contributed by atoms with Gasteiger partial charge in [0, 0.05) is 25.8 Å². The molecule has 1 heterocycles. The molecule has 1 aromatic rings. The fraction of sp³-hybridized carbons (Fsp3) is 0.588. The molecule has 1 aliphatic heterocycles. The molecule has 128 valence electrons. The zero-order valence-electron chi connectivity index (χ0n) is 13.8. The number of nitrogens with zero attached hydrogens (tertiary/aromatic N) is 1. The van der Waals surface area contributed by atoms with Crippen molar-refractivity contribution in [3.63, 3.8) is 0 Å². The second kappa shape index (κ2) is 7.81. The summed E-state index contributed by atoms with van der Waals surface area (Å²) < 4.78 is 28.3. The second-order valence-electron chi connectivity index (χ2n) is 6.28. The molecule has 0 unspecified atom stereocenters. The molecule has 0 bridgehead atoms. The van der Waals surface area contributed by atoms with Gasteiger partial charge in [-0.05, 0) is 49.4 Å². The van der Waals surface area contributed by atoms with Crippen LogP contribution in [-0.2, 0) is 14.6 Å². The second-order valence-corrected chi connectivity index (χ2v) is 8.30. The lowest BCUT2D eigenvalue weighted by molar-refractivity contribution is -0.133. The van der Waals surface area contributed by atoms with Gasteiger partial charge in [-0.25, -0.2) is 8.42 Å². The average Bonchev–Trinajstić information content (AvgIpc) is 2.51. The van der Waals surface area contributed by atoms with E-state index in [2.05, 4.69) is 6.92 Å². The third-order valence-corrected chi connectivity index (χ3v) is 5.19. The van der Waals surface area contributed by atoms with Crippen molar-refractivity contribution in [2.45, 2.75) is 37.5 Å². The van der Waals surface area contributed by atoms with E-state index >= 15 is 0 Å². The van der Waals surface area contributed by atoms with Crippen LogP contribution in [0.25, 0.3) is 0 Å². The van der Waals surface area contributed by atoms with Gasteiger partial charge in [-0.15, -0.1) is 0 Å². The van der Waals surface area contributed by atoms with Crippen LogP contribution in [0.15, 0.2) is 29.2 Å². The molecule has 6 heteroatoms. The molecule has 1 fully saturated rings. The van der Waals surface area contributed by atoms with E-state index in [1.807, 2.05) is 4.90 Å². The fourth-order valence-electron chi connectivity index (χ4n) is 2.77. The van der Waals surface area contributed by atoms with Crippen LogP contribution < -0.4 is 4.74 Å². The van der Waals surface area contributed by atoms with E-state index in [9.17, 15) is 13.2 Å². The van der Waals surface area contributed by atoms with Gasteiger partial charge in [0.2, 0.25) is 5.91 Å². The smallest absolute Gasteiger partial charge is 0.222 e. The highest BCUT2D eigenvalue weighted by atomic mass is 32.2. The third-order valence-electron chi connectivity index (χ3n) is 4.07. The van der Waals surface area contributed by atoms with Gasteiger partial charge in [0.1, 0.15) is 5.75 Å². The van der Waals surface area contributed by atoms with Crippen LogP contribution >= 0.6 is 0 Å². The molecular formula is C17H25NO4S. The Bertz CT molecular complexity index is 624. The number of carbonyl (C=O) groups excluding carboxylic acids is 1. The molecule has 0 spiro atoms. The van der Waals surface area contributed by atoms with E-state index in [1.165, 1.54) is 24.8 Å². The predicted octanol–water partition coefficient (Wildman–Crippen LogP) is 2.51. The Kier molecular flexibility index (Phi) is 6.04. The Balaban J connectivity index is 1.72. The maximum atomic E-state index is 12.1. The van der Waals surface area contributed by atoms with Crippen molar-refractivity contribution in [1.29, 1.82) is 0 Å².